The van der Waals surface area contributed by atoms with Crippen molar-refractivity contribution in [3.05, 3.63) is 16.6 Å². The quantitative estimate of drug-likeness (QED) is 0.837. The van der Waals surface area contributed by atoms with Gasteiger partial charge in [-0.15, -0.1) is 11.3 Å². The van der Waals surface area contributed by atoms with E-state index in [1.54, 1.807) is 37.4 Å². The molecule has 1 atom stereocenters. The van der Waals surface area contributed by atoms with E-state index in [0.29, 0.717) is 13.0 Å². The molecule has 0 saturated carbocycles. The summed E-state index contributed by atoms with van der Waals surface area (Å²) in [4.78, 5) is 18.3. The molecule has 2 heterocycles. The van der Waals surface area contributed by atoms with Gasteiger partial charge in [0.05, 0.1) is 17.0 Å². The van der Waals surface area contributed by atoms with Crippen molar-refractivity contribution in [2.45, 2.75) is 51.0 Å². The monoisotopic (exact) mass is 346 g/mol. The second kappa shape index (κ2) is 6.54. The smallest absolute Gasteiger partial charge is 0.410 e. The molecule has 1 aromatic heterocycles. The van der Waals surface area contributed by atoms with E-state index in [2.05, 4.69) is 4.98 Å². The van der Waals surface area contributed by atoms with Crippen LogP contribution in [-0.4, -0.2) is 48.3 Å². The SMILES string of the molecule is CC(C)(C)OC(=O)N1CCC[C@@H]1CS(=O)(=O)Cc1cncs1. The Morgan fingerprint density at radius 3 is 2.82 bits per heavy atom. The average Bonchev–Trinajstić information content (AvgIpc) is 2.96. The summed E-state index contributed by atoms with van der Waals surface area (Å²) in [7, 11) is -3.28. The molecule has 1 saturated heterocycles. The van der Waals surface area contributed by atoms with E-state index >= 15 is 0 Å². The Bertz CT molecular complexity index is 605. The van der Waals surface area contributed by atoms with Crippen molar-refractivity contribution in [3.63, 3.8) is 0 Å². The molecule has 0 bridgehead atoms. The van der Waals surface area contributed by atoms with E-state index in [1.165, 1.54) is 11.3 Å². The molecule has 6 nitrogen and oxygen atoms in total. The summed E-state index contributed by atoms with van der Waals surface area (Å²) in [6.45, 7) is 5.96. The number of thiazole rings is 1. The number of carbonyl (C=O) groups excluding carboxylic acids is 1. The second-order valence-electron chi connectivity index (χ2n) is 6.49. The van der Waals surface area contributed by atoms with Crippen molar-refractivity contribution in [2.75, 3.05) is 12.3 Å². The molecule has 0 radical (unpaired) electrons. The van der Waals surface area contributed by atoms with E-state index in [-0.39, 0.29) is 17.5 Å². The molecule has 0 N–H and O–H groups in total. The van der Waals surface area contributed by atoms with Crippen LogP contribution in [0.25, 0.3) is 0 Å². The van der Waals surface area contributed by atoms with Crippen LogP contribution in [0.2, 0.25) is 0 Å². The zero-order valence-electron chi connectivity index (χ0n) is 13.1. The maximum Gasteiger partial charge on any atom is 0.410 e. The van der Waals surface area contributed by atoms with Gasteiger partial charge in [0.25, 0.3) is 0 Å². The molecule has 0 aromatic carbocycles. The van der Waals surface area contributed by atoms with E-state index in [9.17, 15) is 13.2 Å². The van der Waals surface area contributed by atoms with Gasteiger partial charge in [0, 0.05) is 23.7 Å². The van der Waals surface area contributed by atoms with Gasteiger partial charge in [-0.25, -0.2) is 13.2 Å². The van der Waals surface area contributed by atoms with Gasteiger partial charge in [0.1, 0.15) is 5.60 Å². The van der Waals surface area contributed by atoms with Crippen molar-refractivity contribution < 1.29 is 17.9 Å². The molecule has 124 valence electrons. The van der Waals surface area contributed by atoms with Gasteiger partial charge in [0.15, 0.2) is 9.84 Å². The van der Waals surface area contributed by atoms with Gasteiger partial charge < -0.3 is 9.64 Å². The molecule has 0 unspecified atom stereocenters. The first kappa shape index (κ1) is 17.2. The Kier molecular flexibility index (Phi) is 5.11. The number of hydrogen-bond donors (Lipinski definition) is 0. The first-order valence-corrected chi connectivity index (χ1v) is 9.94. The number of hydrogen-bond acceptors (Lipinski definition) is 6. The van der Waals surface area contributed by atoms with Crippen molar-refractivity contribution >= 4 is 27.3 Å². The van der Waals surface area contributed by atoms with E-state index in [1.807, 2.05) is 0 Å². The van der Waals surface area contributed by atoms with Crippen molar-refractivity contribution in [1.29, 1.82) is 0 Å². The highest BCUT2D eigenvalue weighted by Gasteiger charge is 2.35. The predicted molar refractivity (Wildman–Crippen MR) is 85.6 cm³/mol. The number of ether oxygens (including phenoxy) is 1. The van der Waals surface area contributed by atoms with Gasteiger partial charge in [0.2, 0.25) is 0 Å². The van der Waals surface area contributed by atoms with Gasteiger partial charge in [-0.1, -0.05) is 0 Å². The van der Waals surface area contributed by atoms with Crippen LogP contribution in [0.3, 0.4) is 0 Å². The van der Waals surface area contributed by atoms with Crippen LogP contribution in [0.1, 0.15) is 38.5 Å². The Morgan fingerprint density at radius 1 is 1.50 bits per heavy atom. The number of carbonyl (C=O) groups is 1. The summed E-state index contributed by atoms with van der Waals surface area (Å²) in [6, 6.07) is -0.298. The fourth-order valence-electron chi connectivity index (χ4n) is 2.45. The summed E-state index contributed by atoms with van der Waals surface area (Å²) in [5.41, 5.74) is 1.04. The standard InChI is InChI=1S/C14H22N2O4S2/c1-14(2,3)20-13(17)16-6-4-5-11(16)8-22(18,19)9-12-7-15-10-21-12/h7,10-11H,4-6,8-9H2,1-3H3/t11-/m1/s1. The molecule has 1 amide bonds. The molecular formula is C14H22N2O4S2. The third-order valence-electron chi connectivity index (χ3n) is 3.30. The first-order chi connectivity index (χ1) is 10.2. The van der Waals surface area contributed by atoms with E-state index in [0.717, 1.165) is 11.3 Å². The number of aromatic nitrogens is 1. The lowest BCUT2D eigenvalue weighted by molar-refractivity contribution is 0.0241. The van der Waals surface area contributed by atoms with Crippen LogP contribution in [0.4, 0.5) is 4.79 Å². The minimum atomic E-state index is -3.28. The Morgan fingerprint density at radius 2 is 2.23 bits per heavy atom. The summed E-state index contributed by atoms with van der Waals surface area (Å²) < 4.78 is 30.0. The van der Waals surface area contributed by atoms with Crippen molar-refractivity contribution in [2.24, 2.45) is 0 Å². The minimum Gasteiger partial charge on any atom is -0.444 e. The molecule has 2 rings (SSSR count). The fourth-order valence-corrected chi connectivity index (χ4v) is 5.20. The van der Waals surface area contributed by atoms with Crippen LogP contribution < -0.4 is 0 Å². The minimum absolute atomic E-state index is 0.0175. The molecular weight excluding hydrogens is 324 g/mol. The van der Waals surface area contributed by atoms with E-state index < -0.39 is 21.5 Å². The highest BCUT2D eigenvalue weighted by Crippen LogP contribution is 2.23. The molecule has 1 aliphatic rings. The number of likely N-dealkylation sites (tertiary alicyclic amines) is 1. The second-order valence-corrected chi connectivity index (χ2v) is 9.57. The third-order valence-corrected chi connectivity index (χ3v) is 5.90. The number of amides is 1. The van der Waals surface area contributed by atoms with Crippen LogP contribution in [-0.2, 0) is 20.3 Å². The molecule has 8 heteroatoms. The Balaban J connectivity index is 2.00. The molecule has 1 fully saturated rings. The molecule has 0 spiro atoms. The van der Waals surface area contributed by atoms with Gasteiger partial charge in [-0.2, -0.15) is 0 Å². The van der Waals surface area contributed by atoms with Crippen LogP contribution >= 0.6 is 11.3 Å². The van der Waals surface area contributed by atoms with Crippen molar-refractivity contribution in [1.82, 2.24) is 9.88 Å². The highest BCUT2D eigenvalue weighted by atomic mass is 32.2. The van der Waals surface area contributed by atoms with Gasteiger partial charge in [-0.05, 0) is 33.6 Å². The largest absolute Gasteiger partial charge is 0.444 e. The van der Waals surface area contributed by atoms with Crippen LogP contribution in [0.15, 0.2) is 11.7 Å². The van der Waals surface area contributed by atoms with Gasteiger partial charge in [-0.3, -0.25) is 4.98 Å². The maximum atomic E-state index is 12.3. The summed E-state index contributed by atoms with van der Waals surface area (Å²) >= 11 is 1.33. The van der Waals surface area contributed by atoms with Gasteiger partial charge >= 0.3 is 6.09 Å². The number of sulfone groups is 1. The summed E-state index contributed by atoms with van der Waals surface area (Å²) in [5, 5.41) is 0. The number of rotatable bonds is 4. The zero-order chi connectivity index (χ0) is 16.4. The Hall–Kier alpha value is -1.15. The van der Waals surface area contributed by atoms with E-state index in [4.69, 9.17) is 4.74 Å². The summed E-state index contributed by atoms with van der Waals surface area (Å²) in [5.74, 6) is -0.0412. The van der Waals surface area contributed by atoms with Crippen LogP contribution in [0.5, 0.6) is 0 Å². The fraction of sp³-hybridized carbons (Fsp3) is 0.714. The van der Waals surface area contributed by atoms with Crippen molar-refractivity contribution in [3.8, 4) is 0 Å². The first-order valence-electron chi connectivity index (χ1n) is 7.24. The molecule has 0 aliphatic carbocycles. The Labute approximate surface area is 135 Å². The highest BCUT2D eigenvalue weighted by molar-refractivity contribution is 7.90. The lowest BCUT2D eigenvalue weighted by atomic mass is 10.2. The normalized spacial score (nSPS) is 19.4. The zero-order valence-corrected chi connectivity index (χ0v) is 14.7. The third kappa shape index (κ3) is 4.95. The average molecular weight is 346 g/mol. The topological polar surface area (TPSA) is 76.6 Å². The molecule has 1 aliphatic heterocycles. The lowest BCUT2D eigenvalue weighted by Gasteiger charge is -2.28. The summed E-state index contributed by atoms with van der Waals surface area (Å²) in [6.07, 6.45) is 2.65. The number of nitrogens with zero attached hydrogens (tertiary/aromatic N) is 2. The lowest BCUT2D eigenvalue weighted by Crippen LogP contribution is -2.42. The molecule has 1 aromatic rings. The van der Waals surface area contributed by atoms with Crippen LogP contribution in [0, 0.1) is 0 Å². The predicted octanol–water partition coefficient (Wildman–Crippen LogP) is 2.46. The maximum absolute atomic E-state index is 12.3. The molecule has 22 heavy (non-hydrogen) atoms.